The monoisotopic (exact) mass is 262 g/mol. The minimum atomic E-state index is 0.0676. The topological polar surface area (TPSA) is 38.5 Å². The molecule has 19 heavy (non-hydrogen) atoms. The molecule has 106 valence electrons. The van der Waals surface area contributed by atoms with Crippen molar-refractivity contribution in [3.63, 3.8) is 0 Å². The quantitative estimate of drug-likeness (QED) is 0.820. The third-order valence-corrected chi connectivity index (χ3v) is 4.07. The summed E-state index contributed by atoms with van der Waals surface area (Å²) < 4.78 is 5.22. The van der Waals surface area contributed by atoms with E-state index in [2.05, 4.69) is 43.0 Å². The number of nitrogens with zero attached hydrogens (tertiary/aromatic N) is 1. The number of ether oxygens (including phenoxy) is 1. The average Bonchev–Trinajstić information content (AvgIpc) is 3.23. The number of methoxy groups -OCH3 is 1. The third kappa shape index (κ3) is 3.78. The molecular weight excluding hydrogens is 236 g/mol. The van der Waals surface area contributed by atoms with Gasteiger partial charge in [0.2, 0.25) is 0 Å². The van der Waals surface area contributed by atoms with Crippen LogP contribution in [0, 0.1) is 6.92 Å². The second-order valence-corrected chi connectivity index (χ2v) is 5.64. The van der Waals surface area contributed by atoms with Gasteiger partial charge in [0, 0.05) is 31.8 Å². The number of nitrogens with two attached hydrogens (primary N) is 1. The molecule has 2 rings (SSSR count). The Balaban J connectivity index is 2.03. The SMILES string of the molecule is COCCN(C1CC1)C(C)C(N)c1ccc(C)cc1. The molecule has 0 aromatic heterocycles. The van der Waals surface area contributed by atoms with Crippen LogP contribution in [0.1, 0.15) is 36.9 Å². The zero-order valence-electron chi connectivity index (χ0n) is 12.3. The van der Waals surface area contributed by atoms with Gasteiger partial charge >= 0.3 is 0 Å². The van der Waals surface area contributed by atoms with E-state index in [4.69, 9.17) is 10.5 Å². The molecule has 1 aromatic carbocycles. The molecule has 2 unspecified atom stereocenters. The van der Waals surface area contributed by atoms with Crippen LogP contribution in [0.2, 0.25) is 0 Å². The van der Waals surface area contributed by atoms with Crippen molar-refractivity contribution in [1.29, 1.82) is 0 Å². The van der Waals surface area contributed by atoms with Gasteiger partial charge in [-0.1, -0.05) is 29.8 Å². The van der Waals surface area contributed by atoms with Crippen molar-refractivity contribution in [1.82, 2.24) is 4.90 Å². The lowest BCUT2D eigenvalue weighted by Crippen LogP contribution is -2.43. The Kier molecular flexibility index (Phi) is 4.97. The van der Waals surface area contributed by atoms with E-state index in [1.807, 2.05) is 0 Å². The largest absolute Gasteiger partial charge is 0.383 e. The second-order valence-electron chi connectivity index (χ2n) is 5.64. The van der Waals surface area contributed by atoms with Gasteiger partial charge in [0.25, 0.3) is 0 Å². The number of aryl methyl sites for hydroxylation is 1. The molecule has 1 aliphatic rings. The lowest BCUT2D eigenvalue weighted by molar-refractivity contribution is 0.109. The first-order valence-electron chi connectivity index (χ1n) is 7.20. The number of hydrogen-bond donors (Lipinski definition) is 1. The Bertz CT molecular complexity index is 386. The molecule has 0 saturated heterocycles. The Labute approximate surface area is 116 Å². The second kappa shape index (κ2) is 6.51. The highest BCUT2D eigenvalue weighted by atomic mass is 16.5. The molecule has 0 bridgehead atoms. The highest BCUT2D eigenvalue weighted by Gasteiger charge is 2.34. The van der Waals surface area contributed by atoms with Crippen LogP contribution in [-0.2, 0) is 4.74 Å². The van der Waals surface area contributed by atoms with E-state index in [-0.39, 0.29) is 6.04 Å². The Hall–Kier alpha value is -0.900. The molecule has 1 saturated carbocycles. The van der Waals surface area contributed by atoms with Crippen LogP contribution < -0.4 is 5.73 Å². The number of benzene rings is 1. The van der Waals surface area contributed by atoms with Crippen LogP contribution in [0.25, 0.3) is 0 Å². The van der Waals surface area contributed by atoms with Crippen molar-refractivity contribution in [3.8, 4) is 0 Å². The molecule has 2 N–H and O–H groups in total. The minimum Gasteiger partial charge on any atom is -0.383 e. The number of hydrogen-bond acceptors (Lipinski definition) is 3. The van der Waals surface area contributed by atoms with Crippen LogP contribution in [0.15, 0.2) is 24.3 Å². The van der Waals surface area contributed by atoms with Crippen molar-refractivity contribution in [2.75, 3.05) is 20.3 Å². The van der Waals surface area contributed by atoms with Crippen LogP contribution in [0.5, 0.6) is 0 Å². The average molecular weight is 262 g/mol. The summed E-state index contributed by atoms with van der Waals surface area (Å²) in [5, 5.41) is 0. The summed E-state index contributed by atoms with van der Waals surface area (Å²) >= 11 is 0. The standard InChI is InChI=1S/C16H26N2O/c1-12-4-6-14(7-5-12)16(17)13(2)18(10-11-19-3)15-8-9-15/h4-7,13,15-16H,8-11,17H2,1-3H3. The van der Waals surface area contributed by atoms with Gasteiger partial charge in [-0.15, -0.1) is 0 Å². The van der Waals surface area contributed by atoms with E-state index < -0.39 is 0 Å². The van der Waals surface area contributed by atoms with Crippen LogP contribution >= 0.6 is 0 Å². The maximum absolute atomic E-state index is 6.44. The summed E-state index contributed by atoms with van der Waals surface area (Å²) in [6.07, 6.45) is 2.60. The molecule has 1 fully saturated rings. The summed E-state index contributed by atoms with van der Waals surface area (Å²) in [6, 6.07) is 9.71. The maximum atomic E-state index is 6.44. The zero-order chi connectivity index (χ0) is 13.8. The molecule has 0 radical (unpaired) electrons. The van der Waals surface area contributed by atoms with E-state index in [0.29, 0.717) is 12.1 Å². The van der Waals surface area contributed by atoms with Gasteiger partial charge in [-0.2, -0.15) is 0 Å². The molecule has 1 aromatic rings. The molecule has 0 spiro atoms. The molecule has 0 amide bonds. The normalized spacial score (nSPS) is 18.6. The number of rotatable bonds is 7. The molecule has 0 aliphatic heterocycles. The lowest BCUT2D eigenvalue weighted by Gasteiger charge is -2.33. The third-order valence-electron chi connectivity index (χ3n) is 4.07. The Morgan fingerprint density at radius 2 is 1.95 bits per heavy atom. The maximum Gasteiger partial charge on any atom is 0.0589 e. The fraction of sp³-hybridized carbons (Fsp3) is 0.625. The van der Waals surface area contributed by atoms with E-state index in [1.54, 1.807) is 7.11 Å². The van der Waals surface area contributed by atoms with Gasteiger partial charge in [-0.25, -0.2) is 0 Å². The lowest BCUT2D eigenvalue weighted by atomic mass is 9.99. The Morgan fingerprint density at radius 3 is 2.47 bits per heavy atom. The fourth-order valence-electron chi connectivity index (χ4n) is 2.60. The van der Waals surface area contributed by atoms with Gasteiger partial charge in [0.1, 0.15) is 0 Å². The van der Waals surface area contributed by atoms with E-state index in [9.17, 15) is 0 Å². The first-order valence-corrected chi connectivity index (χ1v) is 7.20. The van der Waals surface area contributed by atoms with Crippen molar-refractivity contribution >= 4 is 0 Å². The molecule has 1 aliphatic carbocycles. The van der Waals surface area contributed by atoms with E-state index in [0.717, 1.165) is 13.2 Å². The Morgan fingerprint density at radius 1 is 1.32 bits per heavy atom. The predicted octanol–water partition coefficient (Wildman–Crippen LogP) is 2.49. The molecule has 0 heterocycles. The summed E-state index contributed by atoms with van der Waals surface area (Å²) in [6.45, 7) is 6.09. The summed E-state index contributed by atoms with van der Waals surface area (Å²) in [4.78, 5) is 2.51. The van der Waals surface area contributed by atoms with Crippen molar-refractivity contribution in [2.24, 2.45) is 5.73 Å². The summed E-state index contributed by atoms with van der Waals surface area (Å²) in [5.74, 6) is 0. The summed E-state index contributed by atoms with van der Waals surface area (Å²) in [7, 11) is 1.76. The molecule has 3 heteroatoms. The van der Waals surface area contributed by atoms with Gasteiger partial charge in [-0.3, -0.25) is 4.90 Å². The molecule has 2 atom stereocenters. The minimum absolute atomic E-state index is 0.0676. The van der Waals surface area contributed by atoms with Crippen molar-refractivity contribution in [3.05, 3.63) is 35.4 Å². The summed E-state index contributed by atoms with van der Waals surface area (Å²) in [5.41, 5.74) is 8.95. The molecular formula is C16H26N2O. The fourth-order valence-corrected chi connectivity index (χ4v) is 2.60. The van der Waals surface area contributed by atoms with Gasteiger partial charge in [0.15, 0.2) is 0 Å². The highest BCUT2D eigenvalue weighted by Crippen LogP contribution is 2.31. The van der Waals surface area contributed by atoms with E-state index >= 15 is 0 Å². The van der Waals surface area contributed by atoms with Crippen molar-refractivity contribution < 1.29 is 4.74 Å². The molecule has 3 nitrogen and oxygen atoms in total. The van der Waals surface area contributed by atoms with Crippen LogP contribution in [-0.4, -0.2) is 37.2 Å². The van der Waals surface area contributed by atoms with Gasteiger partial charge in [0.05, 0.1) is 6.61 Å². The smallest absolute Gasteiger partial charge is 0.0589 e. The van der Waals surface area contributed by atoms with Gasteiger partial charge < -0.3 is 10.5 Å². The van der Waals surface area contributed by atoms with Gasteiger partial charge in [-0.05, 0) is 32.3 Å². The van der Waals surface area contributed by atoms with Crippen LogP contribution in [0.3, 0.4) is 0 Å². The first-order chi connectivity index (χ1) is 9.13. The van der Waals surface area contributed by atoms with Crippen molar-refractivity contribution in [2.45, 2.75) is 44.8 Å². The first kappa shape index (κ1) is 14.5. The highest BCUT2D eigenvalue weighted by molar-refractivity contribution is 5.25. The van der Waals surface area contributed by atoms with E-state index in [1.165, 1.54) is 24.0 Å². The predicted molar refractivity (Wildman–Crippen MR) is 79.2 cm³/mol. The van der Waals surface area contributed by atoms with Crippen LogP contribution in [0.4, 0.5) is 0 Å². The zero-order valence-corrected chi connectivity index (χ0v) is 12.3.